The molecule has 1 aromatic rings. The van der Waals surface area contributed by atoms with E-state index in [0.717, 1.165) is 6.04 Å². The van der Waals surface area contributed by atoms with Gasteiger partial charge in [0, 0.05) is 25.0 Å². The van der Waals surface area contributed by atoms with E-state index in [9.17, 15) is 0 Å². The van der Waals surface area contributed by atoms with Crippen LogP contribution in [0.15, 0.2) is 30.6 Å². The molecule has 1 nitrogen and oxygen atoms in total. The topological polar surface area (TPSA) is 3.88 Å². The first kappa shape index (κ1) is 6.84. The molecule has 0 bridgehead atoms. The minimum Gasteiger partial charge on any atom is -0.202 e. The van der Waals surface area contributed by atoms with Gasteiger partial charge in [-0.3, -0.25) is 0 Å². The van der Waals surface area contributed by atoms with Gasteiger partial charge in [-0.2, -0.15) is 0 Å². The Morgan fingerprint density at radius 2 is 1.55 bits per heavy atom. The zero-order valence-corrected chi connectivity index (χ0v) is 6.74. The minimum absolute atomic E-state index is 0.788. The van der Waals surface area contributed by atoms with Gasteiger partial charge in [-0.1, -0.05) is 6.07 Å². The quantitative estimate of drug-likeness (QED) is 0.537. The van der Waals surface area contributed by atoms with E-state index in [-0.39, 0.29) is 0 Å². The van der Waals surface area contributed by atoms with Crippen LogP contribution >= 0.6 is 0 Å². The Balaban J connectivity index is 2.16. The largest absolute Gasteiger partial charge is 0.202 e. The van der Waals surface area contributed by atoms with Crippen LogP contribution in [0, 0.1) is 0 Å². The van der Waals surface area contributed by atoms with Crippen molar-refractivity contribution in [3.8, 4) is 0 Å². The van der Waals surface area contributed by atoms with E-state index in [1.165, 1.54) is 25.7 Å². The van der Waals surface area contributed by atoms with Gasteiger partial charge in [0.05, 0.1) is 0 Å². The molecule has 0 radical (unpaired) electrons. The van der Waals surface area contributed by atoms with Crippen molar-refractivity contribution >= 4 is 0 Å². The number of pyridine rings is 1. The fourth-order valence-electron chi connectivity index (χ4n) is 1.86. The average molecular weight is 148 g/mol. The molecule has 1 aliphatic carbocycles. The number of aromatic nitrogens is 1. The molecule has 0 aliphatic heterocycles. The second kappa shape index (κ2) is 3.04. The normalized spacial score (nSPS) is 18.9. The van der Waals surface area contributed by atoms with E-state index >= 15 is 0 Å². The third-order valence-corrected chi connectivity index (χ3v) is 2.48. The molecule has 0 amide bonds. The lowest BCUT2D eigenvalue weighted by molar-refractivity contribution is -0.721. The Bertz CT molecular complexity index is 212. The van der Waals surface area contributed by atoms with Crippen molar-refractivity contribution in [2.45, 2.75) is 31.7 Å². The van der Waals surface area contributed by atoms with Crippen molar-refractivity contribution in [3.63, 3.8) is 0 Å². The number of rotatable bonds is 1. The second-order valence-corrected chi connectivity index (χ2v) is 3.26. The standard InChI is InChI=1S/C10H14N/c1-4-8-11(9-5-1)10-6-2-3-7-10/h1,4-5,8-10H,2-3,6-7H2/q+1. The first-order chi connectivity index (χ1) is 5.47. The number of nitrogens with zero attached hydrogens (tertiary/aromatic N) is 1. The van der Waals surface area contributed by atoms with E-state index in [0.29, 0.717) is 0 Å². The van der Waals surface area contributed by atoms with Crippen molar-refractivity contribution in [1.29, 1.82) is 0 Å². The van der Waals surface area contributed by atoms with Crippen molar-refractivity contribution in [2.24, 2.45) is 0 Å². The lowest BCUT2D eigenvalue weighted by Gasteiger charge is -2.01. The summed E-state index contributed by atoms with van der Waals surface area (Å²) < 4.78 is 2.34. The maximum absolute atomic E-state index is 2.34. The van der Waals surface area contributed by atoms with Crippen LogP contribution in [0.25, 0.3) is 0 Å². The molecule has 0 spiro atoms. The molecule has 2 rings (SSSR count). The summed E-state index contributed by atoms with van der Waals surface area (Å²) >= 11 is 0. The fraction of sp³-hybridized carbons (Fsp3) is 0.500. The zero-order valence-electron chi connectivity index (χ0n) is 6.74. The summed E-state index contributed by atoms with van der Waals surface area (Å²) in [5.41, 5.74) is 0. The van der Waals surface area contributed by atoms with Gasteiger partial charge in [-0.25, -0.2) is 4.57 Å². The lowest BCUT2D eigenvalue weighted by atomic mass is 10.2. The van der Waals surface area contributed by atoms with Crippen LogP contribution in [0.4, 0.5) is 0 Å². The molecule has 0 aromatic carbocycles. The molecule has 1 heterocycles. The first-order valence-corrected chi connectivity index (χ1v) is 4.42. The Labute approximate surface area is 67.7 Å². The van der Waals surface area contributed by atoms with Gasteiger partial charge in [0.15, 0.2) is 18.4 Å². The fourth-order valence-corrected chi connectivity index (χ4v) is 1.86. The van der Waals surface area contributed by atoms with Gasteiger partial charge in [-0.05, 0) is 12.8 Å². The average Bonchev–Trinajstić information content (AvgIpc) is 2.58. The summed E-state index contributed by atoms with van der Waals surface area (Å²) in [6.45, 7) is 0. The predicted molar refractivity (Wildman–Crippen MR) is 44.1 cm³/mol. The number of hydrogen-bond acceptors (Lipinski definition) is 0. The van der Waals surface area contributed by atoms with Crippen LogP contribution in [-0.2, 0) is 0 Å². The van der Waals surface area contributed by atoms with Gasteiger partial charge in [-0.15, -0.1) is 0 Å². The van der Waals surface area contributed by atoms with Crippen molar-refractivity contribution in [1.82, 2.24) is 0 Å². The van der Waals surface area contributed by atoms with Crippen LogP contribution in [0.2, 0.25) is 0 Å². The summed E-state index contributed by atoms with van der Waals surface area (Å²) in [6, 6.07) is 7.08. The smallest absolute Gasteiger partial charge is 0.169 e. The molecule has 58 valence electrons. The van der Waals surface area contributed by atoms with E-state index in [1.807, 2.05) is 0 Å². The highest BCUT2D eigenvalue weighted by Gasteiger charge is 2.21. The molecule has 1 fully saturated rings. The highest BCUT2D eigenvalue weighted by Crippen LogP contribution is 2.24. The molecule has 1 heteroatoms. The maximum Gasteiger partial charge on any atom is 0.169 e. The van der Waals surface area contributed by atoms with Crippen LogP contribution in [0.1, 0.15) is 31.7 Å². The molecule has 1 saturated carbocycles. The van der Waals surface area contributed by atoms with E-state index in [1.54, 1.807) is 0 Å². The number of hydrogen-bond donors (Lipinski definition) is 0. The third kappa shape index (κ3) is 1.42. The first-order valence-electron chi connectivity index (χ1n) is 4.42. The zero-order chi connectivity index (χ0) is 7.52. The van der Waals surface area contributed by atoms with E-state index in [2.05, 4.69) is 35.2 Å². The highest BCUT2D eigenvalue weighted by atomic mass is 15.0. The predicted octanol–water partition coefficient (Wildman–Crippen LogP) is 2.09. The lowest BCUT2D eigenvalue weighted by Crippen LogP contribution is -2.36. The van der Waals surface area contributed by atoms with E-state index < -0.39 is 0 Å². The van der Waals surface area contributed by atoms with Gasteiger partial charge >= 0.3 is 0 Å². The summed E-state index contributed by atoms with van der Waals surface area (Å²) in [7, 11) is 0. The van der Waals surface area contributed by atoms with Crippen LogP contribution in [0.3, 0.4) is 0 Å². The van der Waals surface area contributed by atoms with E-state index in [4.69, 9.17) is 0 Å². The van der Waals surface area contributed by atoms with Crippen molar-refractivity contribution in [3.05, 3.63) is 30.6 Å². The third-order valence-electron chi connectivity index (χ3n) is 2.48. The molecule has 1 aromatic heterocycles. The van der Waals surface area contributed by atoms with Gasteiger partial charge < -0.3 is 0 Å². The van der Waals surface area contributed by atoms with Crippen LogP contribution in [0.5, 0.6) is 0 Å². The van der Waals surface area contributed by atoms with Gasteiger partial charge in [0.25, 0.3) is 0 Å². The van der Waals surface area contributed by atoms with Gasteiger partial charge in [0.1, 0.15) is 0 Å². The molecule has 11 heavy (non-hydrogen) atoms. The molecule has 0 saturated heterocycles. The summed E-state index contributed by atoms with van der Waals surface area (Å²) in [5, 5.41) is 0. The SMILES string of the molecule is c1cc[n+](C2CCCC2)cc1. The Morgan fingerprint density at radius 3 is 2.18 bits per heavy atom. The molecule has 1 aliphatic rings. The van der Waals surface area contributed by atoms with Crippen LogP contribution < -0.4 is 4.57 Å². The summed E-state index contributed by atoms with van der Waals surface area (Å²) in [4.78, 5) is 0. The molecular weight excluding hydrogens is 134 g/mol. The molecular formula is C10H14N+. The maximum atomic E-state index is 2.34. The Hall–Kier alpha value is -0.850. The Kier molecular flexibility index (Phi) is 1.89. The van der Waals surface area contributed by atoms with Crippen LogP contribution in [-0.4, -0.2) is 0 Å². The minimum atomic E-state index is 0.788. The van der Waals surface area contributed by atoms with Crippen molar-refractivity contribution in [2.75, 3.05) is 0 Å². The summed E-state index contributed by atoms with van der Waals surface area (Å²) in [6.07, 6.45) is 9.91. The molecule has 0 unspecified atom stereocenters. The monoisotopic (exact) mass is 148 g/mol. The second-order valence-electron chi connectivity index (χ2n) is 3.26. The molecule has 0 N–H and O–H groups in total. The van der Waals surface area contributed by atoms with Crippen molar-refractivity contribution < 1.29 is 4.57 Å². The molecule has 0 atom stereocenters. The Morgan fingerprint density at radius 1 is 0.909 bits per heavy atom. The highest BCUT2D eigenvalue weighted by molar-refractivity contribution is 4.84. The van der Waals surface area contributed by atoms with Gasteiger partial charge in [0.2, 0.25) is 0 Å². The summed E-state index contributed by atoms with van der Waals surface area (Å²) in [5.74, 6) is 0.